The van der Waals surface area contributed by atoms with E-state index >= 15 is 0 Å². The lowest BCUT2D eigenvalue weighted by Gasteiger charge is -2.11. The van der Waals surface area contributed by atoms with Crippen LogP contribution in [0.2, 0.25) is 0 Å². The van der Waals surface area contributed by atoms with E-state index in [0.29, 0.717) is 29.7 Å². The van der Waals surface area contributed by atoms with Gasteiger partial charge in [-0.25, -0.2) is 8.42 Å². The van der Waals surface area contributed by atoms with Crippen LogP contribution in [-0.4, -0.2) is 20.0 Å². The number of alkyl halides is 3. The highest BCUT2D eigenvalue weighted by Crippen LogP contribution is 2.31. The van der Waals surface area contributed by atoms with E-state index in [1.54, 1.807) is 30.3 Å². The summed E-state index contributed by atoms with van der Waals surface area (Å²) in [4.78, 5) is 0. The molecule has 4 nitrogen and oxygen atoms in total. The molecule has 1 N–H and O–H groups in total. The quantitative estimate of drug-likeness (QED) is 0.874. The largest absolute Gasteiger partial charge is 0.573 e. The van der Waals surface area contributed by atoms with Gasteiger partial charge in [-0.1, -0.05) is 24.3 Å². The number of rotatable bonds is 5. The van der Waals surface area contributed by atoms with E-state index in [0.717, 1.165) is 0 Å². The van der Waals surface area contributed by atoms with Gasteiger partial charge in [0.25, 0.3) is 0 Å². The second-order valence-corrected chi connectivity index (χ2v) is 7.46. The fourth-order valence-corrected chi connectivity index (χ4v) is 3.62. The third-order valence-corrected chi connectivity index (χ3v) is 5.38. The average Bonchev–Trinajstić information content (AvgIpc) is 3.31. The average molecular weight is 357 g/mol. The molecule has 0 bridgehead atoms. The van der Waals surface area contributed by atoms with Crippen molar-refractivity contribution in [3.63, 3.8) is 0 Å². The molecule has 0 aliphatic heterocycles. The van der Waals surface area contributed by atoms with Crippen LogP contribution in [0.4, 0.5) is 18.9 Å². The summed E-state index contributed by atoms with van der Waals surface area (Å²) in [7, 11) is -3.34. The summed E-state index contributed by atoms with van der Waals surface area (Å²) in [6.45, 7) is 0. The van der Waals surface area contributed by atoms with Crippen molar-refractivity contribution in [3.05, 3.63) is 48.5 Å². The fourth-order valence-electron chi connectivity index (χ4n) is 2.23. The minimum Gasteiger partial charge on any atom is -0.406 e. The topological polar surface area (TPSA) is 55.4 Å². The van der Waals surface area contributed by atoms with E-state index in [4.69, 9.17) is 0 Å². The van der Waals surface area contributed by atoms with Crippen LogP contribution in [0.25, 0.3) is 11.1 Å². The van der Waals surface area contributed by atoms with Crippen LogP contribution in [-0.2, 0) is 10.0 Å². The molecule has 0 atom stereocenters. The molecule has 0 radical (unpaired) electrons. The standard InChI is InChI=1S/C16H14F3NO3S/c17-16(18,19)23-14-3-1-2-12(10-14)11-4-6-13(7-5-11)20-24(21,22)15-8-9-15/h1-7,10,15,20H,8-9H2. The third-order valence-electron chi connectivity index (χ3n) is 3.51. The van der Waals surface area contributed by atoms with Gasteiger partial charge in [0.1, 0.15) is 5.75 Å². The molecule has 0 amide bonds. The van der Waals surface area contributed by atoms with Crippen molar-refractivity contribution >= 4 is 15.7 Å². The minimum atomic E-state index is -4.75. The van der Waals surface area contributed by atoms with Gasteiger partial charge in [0.2, 0.25) is 10.0 Å². The summed E-state index contributed by atoms with van der Waals surface area (Å²) < 4.78 is 66.9. The van der Waals surface area contributed by atoms with Crippen LogP contribution >= 0.6 is 0 Å². The molecule has 1 fully saturated rings. The zero-order chi connectivity index (χ0) is 17.4. The number of sulfonamides is 1. The number of anilines is 1. The van der Waals surface area contributed by atoms with Crippen molar-refractivity contribution in [1.29, 1.82) is 0 Å². The summed E-state index contributed by atoms with van der Waals surface area (Å²) in [5, 5.41) is -0.326. The van der Waals surface area contributed by atoms with E-state index in [1.165, 1.54) is 18.2 Å². The Morgan fingerprint density at radius 2 is 1.67 bits per heavy atom. The van der Waals surface area contributed by atoms with Gasteiger partial charge in [0.15, 0.2) is 0 Å². The Labute approximate surface area is 137 Å². The zero-order valence-electron chi connectivity index (χ0n) is 12.4. The predicted molar refractivity (Wildman–Crippen MR) is 84.1 cm³/mol. The Balaban J connectivity index is 1.77. The summed E-state index contributed by atoms with van der Waals surface area (Å²) in [6, 6.07) is 12.0. The molecular weight excluding hydrogens is 343 g/mol. The molecule has 0 heterocycles. The second kappa shape index (κ2) is 6.01. The van der Waals surface area contributed by atoms with E-state index in [-0.39, 0.29) is 11.0 Å². The first-order chi connectivity index (χ1) is 11.2. The normalized spacial score (nSPS) is 15.1. The number of hydrogen-bond donors (Lipinski definition) is 1. The maximum Gasteiger partial charge on any atom is 0.573 e. The molecule has 3 rings (SSSR count). The zero-order valence-corrected chi connectivity index (χ0v) is 13.2. The second-order valence-electron chi connectivity index (χ2n) is 5.50. The van der Waals surface area contributed by atoms with Crippen LogP contribution in [0.5, 0.6) is 5.75 Å². The molecule has 128 valence electrons. The van der Waals surface area contributed by atoms with Gasteiger partial charge in [0.05, 0.1) is 5.25 Å². The fraction of sp³-hybridized carbons (Fsp3) is 0.250. The maximum absolute atomic E-state index is 12.3. The summed E-state index contributed by atoms with van der Waals surface area (Å²) in [6.07, 6.45) is -3.41. The Bertz CT molecular complexity index is 828. The summed E-state index contributed by atoms with van der Waals surface area (Å²) >= 11 is 0. The molecule has 1 aliphatic carbocycles. The summed E-state index contributed by atoms with van der Waals surface area (Å²) in [5.74, 6) is -0.307. The van der Waals surface area contributed by atoms with Gasteiger partial charge in [-0.15, -0.1) is 13.2 Å². The number of hydrogen-bond acceptors (Lipinski definition) is 3. The summed E-state index contributed by atoms with van der Waals surface area (Å²) in [5.41, 5.74) is 1.61. The van der Waals surface area contributed by atoms with Crippen molar-refractivity contribution in [2.75, 3.05) is 4.72 Å². The molecule has 24 heavy (non-hydrogen) atoms. The molecular formula is C16H14F3NO3S. The number of ether oxygens (including phenoxy) is 1. The minimum absolute atomic E-state index is 0.307. The van der Waals surface area contributed by atoms with Gasteiger partial charge < -0.3 is 4.74 Å². The highest BCUT2D eigenvalue weighted by atomic mass is 32.2. The van der Waals surface area contributed by atoms with E-state index in [2.05, 4.69) is 9.46 Å². The lowest BCUT2D eigenvalue weighted by Crippen LogP contribution is -2.17. The molecule has 0 aromatic heterocycles. The van der Waals surface area contributed by atoms with Crippen LogP contribution in [0, 0.1) is 0 Å². The first kappa shape index (κ1) is 16.6. The molecule has 0 unspecified atom stereocenters. The lowest BCUT2D eigenvalue weighted by molar-refractivity contribution is -0.274. The van der Waals surface area contributed by atoms with Gasteiger partial charge in [-0.3, -0.25) is 4.72 Å². The smallest absolute Gasteiger partial charge is 0.406 e. The molecule has 2 aromatic rings. The molecule has 8 heteroatoms. The SMILES string of the molecule is O=S(=O)(Nc1ccc(-c2cccc(OC(F)(F)F)c2)cc1)C1CC1. The Hall–Kier alpha value is -2.22. The highest BCUT2D eigenvalue weighted by Gasteiger charge is 2.35. The first-order valence-electron chi connectivity index (χ1n) is 7.21. The van der Waals surface area contributed by atoms with Crippen molar-refractivity contribution in [2.45, 2.75) is 24.5 Å². The molecule has 1 aliphatic rings. The van der Waals surface area contributed by atoms with Crippen LogP contribution < -0.4 is 9.46 Å². The van der Waals surface area contributed by atoms with Gasteiger partial charge in [-0.05, 0) is 48.2 Å². The number of benzene rings is 2. The van der Waals surface area contributed by atoms with Gasteiger partial charge >= 0.3 is 6.36 Å². The third kappa shape index (κ3) is 4.19. The van der Waals surface area contributed by atoms with Gasteiger partial charge in [-0.2, -0.15) is 0 Å². The molecule has 1 saturated carbocycles. The van der Waals surface area contributed by atoms with E-state index in [9.17, 15) is 21.6 Å². The number of halogens is 3. The molecule has 0 saturated heterocycles. The van der Waals surface area contributed by atoms with E-state index < -0.39 is 16.4 Å². The molecule has 2 aromatic carbocycles. The van der Waals surface area contributed by atoms with Crippen LogP contribution in [0.15, 0.2) is 48.5 Å². The van der Waals surface area contributed by atoms with Crippen molar-refractivity contribution in [3.8, 4) is 16.9 Å². The molecule has 0 spiro atoms. The van der Waals surface area contributed by atoms with Crippen molar-refractivity contribution in [2.24, 2.45) is 0 Å². The maximum atomic E-state index is 12.3. The predicted octanol–water partition coefficient (Wildman–Crippen LogP) is 4.16. The van der Waals surface area contributed by atoms with E-state index in [1.807, 2.05) is 0 Å². The number of nitrogens with one attached hydrogen (secondary N) is 1. The first-order valence-corrected chi connectivity index (χ1v) is 8.75. The van der Waals surface area contributed by atoms with Crippen molar-refractivity contribution < 1.29 is 26.3 Å². The van der Waals surface area contributed by atoms with Crippen molar-refractivity contribution in [1.82, 2.24) is 0 Å². The Morgan fingerprint density at radius 1 is 1.00 bits per heavy atom. The van der Waals surface area contributed by atoms with Gasteiger partial charge in [0, 0.05) is 5.69 Å². The Kier molecular flexibility index (Phi) is 4.16. The van der Waals surface area contributed by atoms with Crippen LogP contribution in [0.3, 0.4) is 0 Å². The lowest BCUT2D eigenvalue weighted by atomic mass is 10.1. The highest BCUT2D eigenvalue weighted by molar-refractivity contribution is 7.93. The van der Waals surface area contributed by atoms with Crippen LogP contribution in [0.1, 0.15) is 12.8 Å². The Morgan fingerprint density at radius 3 is 2.25 bits per heavy atom. The monoisotopic (exact) mass is 357 g/mol.